The summed E-state index contributed by atoms with van der Waals surface area (Å²) in [6, 6.07) is 0. The van der Waals surface area contributed by atoms with Gasteiger partial charge in [-0.05, 0) is 25.7 Å². The second kappa shape index (κ2) is 7.02. The second-order valence-electron chi connectivity index (χ2n) is 4.23. The molecule has 1 N–H and O–H groups in total. The molecule has 0 aromatic carbocycles. The molecule has 0 spiro atoms. The van der Waals surface area contributed by atoms with Crippen molar-refractivity contribution in [2.45, 2.75) is 45.6 Å². The van der Waals surface area contributed by atoms with Crippen molar-refractivity contribution in [3.8, 4) is 0 Å². The summed E-state index contributed by atoms with van der Waals surface area (Å²) in [7, 11) is 1.76. The molecule has 0 radical (unpaired) electrons. The Morgan fingerprint density at radius 1 is 1.43 bits per heavy atom. The summed E-state index contributed by atoms with van der Waals surface area (Å²) in [6.45, 7) is 6.68. The third-order valence-electron chi connectivity index (χ3n) is 2.79. The van der Waals surface area contributed by atoms with Crippen molar-refractivity contribution in [1.29, 1.82) is 0 Å². The van der Waals surface area contributed by atoms with E-state index in [1.54, 1.807) is 13.2 Å². The van der Waals surface area contributed by atoms with Gasteiger partial charge in [0.1, 0.15) is 0 Å². The lowest BCUT2D eigenvalue weighted by Gasteiger charge is -2.29. The van der Waals surface area contributed by atoms with Gasteiger partial charge in [-0.1, -0.05) is 32.4 Å². The molecule has 14 heavy (non-hydrogen) atoms. The minimum atomic E-state index is -0.0822. The van der Waals surface area contributed by atoms with Gasteiger partial charge in [0.15, 0.2) is 0 Å². The van der Waals surface area contributed by atoms with Gasteiger partial charge in [0, 0.05) is 7.11 Å². The summed E-state index contributed by atoms with van der Waals surface area (Å²) in [5, 5.41) is 8.64. The third kappa shape index (κ3) is 5.40. The molecule has 0 fully saturated rings. The Labute approximate surface area is 88.0 Å². The van der Waals surface area contributed by atoms with Crippen molar-refractivity contribution < 1.29 is 9.84 Å². The number of hydrogen-bond acceptors (Lipinski definition) is 2. The number of aliphatic hydroxyl groups excluding tert-OH is 1. The normalized spacial score (nSPS) is 18.4. The first-order valence-corrected chi connectivity index (χ1v) is 5.39. The minimum absolute atomic E-state index is 0.0822. The Balaban J connectivity index is 4.10. The van der Waals surface area contributed by atoms with Crippen molar-refractivity contribution in [2.75, 3.05) is 13.7 Å². The van der Waals surface area contributed by atoms with Gasteiger partial charge >= 0.3 is 0 Å². The van der Waals surface area contributed by atoms with Gasteiger partial charge in [-0.25, -0.2) is 0 Å². The van der Waals surface area contributed by atoms with E-state index in [4.69, 9.17) is 9.84 Å². The molecule has 0 amide bonds. The van der Waals surface area contributed by atoms with Gasteiger partial charge in [-0.2, -0.15) is 0 Å². The Morgan fingerprint density at radius 3 is 2.50 bits per heavy atom. The van der Waals surface area contributed by atoms with E-state index in [1.165, 1.54) is 6.42 Å². The Bertz CT molecular complexity index is 166. The van der Waals surface area contributed by atoms with Crippen LogP contribution in [0.1, 0.15) is 40.0 Å². The lowest BCUT2D eigenvalue weighted by Crippen LogP contribution is -2.28. The van der Waals surface area contributed by atoms with Crippen molar-refractivity contribution in [1.82, 2.24) is 0 Å². The van der Waals surface area contributed by atoms with Crippen molar-refractivity contribution in [2.24, 2.45) is 5.92 Å². The number of aliphatic hydroxyl groups is 1. The highest BCUT2D eigenvalue weighted by Gasteiger charge is 2.23. The van der Waals surface area contributed by atoms with E-state index in [2.05, 4.69) is 20.8 Å². The maximum absolute atomic E-state index is 8.64. The van der Waals surface area contributed by atoms with Crippen LogP contribution in [0.5, 0.6) is 0 Å². The summed E-state index contributed by atoms with van der Waals surface area (Å²) >= 11 is 0. The van der Waals surface area contributed by atoms with E-state index in [0.717, 1.165) is 12.8 Å². The monoisotopic (exact) mass is 200 g/mol. The van der Waals surface area contributed by atoms with Crippen LogP contribution in [0.2, 0.25) is 0 Å². The Morgan fingerprint density at radius 2 is 2.07 bits per heavy atom. The zero-order valence-corrected chi connectivity index (χ0v) is 9.92. The highest BCUT2D eigenvalue weighted by molar-refractivity contribution is 4.90. The second-order valence-corrected chi connectivity index (χ2v) is 4.23. The largest absolute Gasteiger partial charge is 0.392 e. The molecule has 2 unspecified atom stereocenters. The Kier molecular flexibility index (Phi) is 6.85. The van der Waals surface area contributed by atoms with Crippen LogP contribution in [0.4, 0.5) is 0 Å². The van der Waals surface area contributed by atoms with Gasteiger partial charge in [0.2, 0.25) is 0 Å². The summed E-state index contributed by atoms with van der Waals surface area (Å²) < 4.78 is 5.52. The molecule has 0 saturated carbocycles. The number of ether oxygens (including phenoxy) is 1. The number of hydrogen-bond donors (Lipinski definition) is 1. The molecule has 2 heteroatoms. The third-order valence-corrected chi connectivity index (χ3v) is 2.79. The lowest BCUT2D eigenvalue weighted by molar-refractivity contribution is -0.0102. The molecule has 0 aromatic rings. The zero-order chi connectivity index (χ0) is 11.0. The molecule has 0 aliphatic carbocycles. The van der Waals surface area contributed by atoms with Gasteiger partial charge in [0.05, 0.1) is 12.2 Å². The van der Waals surface area contributed by atoms with Crippen LogP contribution in [-0.2, 0) is 4.74 Å². The minimum Gasteiger partial charge on any atom is -0.392 e. The van der Waals surface area contributed by atoms with Crippen molar-refractivity contribution in [3.63, 3.8) is 0 Å². The SMILES string of the molecule is CCC(C)CC(C)(CC=CCO)OC. The van der Waals surface area contributed by atoms with Crippen LogP contribution < -0.4 is 0 Å². The quantitative estimate of drug-likeness (QED) is 0.640. The molecule has 0 heterocycles. The van der Waals surface area contributed by atoms with Crippen molar-refractivity contribution >= 4 is 0 Å². The van der Waals surface area contributed by atoms with E-state index in [-0.39, 0.29) is 12.2 Å². The van der Waals surface area contributed by atoms with E-state index < -0.39 is 0 Å². The van der Waals surface area contributed by atoms with E-state index >= 15 is 0 Å². The first kappa shape index (κ1) is 13.7. The van der Waals surface area contributed by atoms with Crippen LogP contribution in [0.3, 0.4) is 0 Å². The number of methoxy groups -OCH3 is 1. The van der Waals surface area contributed by atoms with E-state index in [0.29, 0.717) is 5.92 Å². The van der Waals surface area contributed by atoms with Gasteiger partial charge < -0.3 is 9.84 Å². The summed E-state index contributed by atoms with van der Waals surface area (Å²) in [6.07, 6.45) is 6.88. The molecule has 0 bridgehead atoms. The molecule has 84 valence electrons. The smallest absolute Gasteiger partial charge is 0.0687 e. The van der Waals surface area contributed by atoms with E-state index in [9.17, 15) is 0 Å². The average molecular weight is 200 g/mol. The van der Waals surface area contributed by atoms with Gasteiger partial charge in [-0.15, -0.1) is 0 Å². The summed E-state index contributed by atoms with van der Waals surface area (Å²) in [5.41, 5.74) is -0.0822. The molecular formula is C12H24O2. The molecule has 0 aromatic heterocycles. The molecule has 2 nitrogen and oxygen atoms in total. The Hall–Kier alpha value is -0.340. The molecule has 2 atom stereocenters. The van der Waals surface area contributed by atoms with Crippen LogP contribution >= 0.6 is 0 Å². The first-order chi connectivity index (χ1) is 6.58. The fourth-order valence-corrected chi connectivity index (χ4v) is 1.54. The van der Waals surface area contributed by atoms with Crippen LogP contribution in [0.15, 0.2) is 12.2 Å². The van der Waals surface area contributed by atoms with Gasteiger partial charge in [-0.3, -0.25) is 0 Å². The fraction of sp³-hybridized carbons (Fsp3) is 0.833. The topological polar surface area (TPSA) is 29.5 Å². The summed E-state index contributed by atoms with van der Waals surface area (Å²) in [4.78, 5) is 0. The zero-order valence-electron chi connectivity index (χ0n) is 9.92. The fourth-order valence-electron chi connectivity index (χ4n) is 1.54. The van der Waals surface area contributed by atoms with Crippen LogP contribution in [-0.4, -0.2) is 24.4 Å². The van der Waals surface area contributed by atoms with Crippen LogP contribution in [0, 0.1) is 5.92 Å². The van der Waals surface area contributed by atoms with Gasteiger partial charge in [0.25, 0.3) is 0 Å². The summed E-state index contributed by atoms with van der Waals surface area (Å²) in [5.74, 6) is 0.683. The lowest BCUT2D eigenvalue weighted by atomic mass is 9.88. The maximum atomic E-state index is 8.64. The molecule has 0 aliphatic heterocycles. The number of rotatable bonds is 7. The highest BCUT2D eigenvalue weighted by atomic mass is 16.5. The van der Waals surface area contributed by atoms with Crippen molar-refractivity contribution in [3.05, 3.63) is 12.2 Å². The predicted molar refractivity (Wildman–Crippen MR) is 60.3 cm³/mol. The molecule has 0 rings (SSSR count). The predicted octanol–water partition coefficient (Wildman–Crippen LogP) is 2.77. The first-order valence-electron chi connectivity index (χ1n) is 5.39. The molecule has 0 aliphatic rings. The maximum Gasteiger partial charge on any atom is 0.0687 e. The highest BCUT2D eigenvalue weighted by Crippen LogP contribution is 2.25. The molecule has 0 saturated heterocycles. The standard InChI is InChI=1S/C12H24O2/c1-5-11(2)10-12(3,14-4)8-6-7-9-13/h6-7,11,13H,5,8-10H2,1-4H3. The van der Waals surface area contributed by atoms with E-state index in [1.807, 2.05) is 6.08 Å². The van der Waals surface area contributed by atoms with Crippen LogP contribution in [0.25, 0.3) is 0 Å². The molecular weight excluding hydrogens is 176 g/mol. The average Bonchev–Trinajstić information content (AvgIpc) is 2.18.